The lowest BCUT2D eigenvalue weighted by Crippen LogP contribution is -2.55. The van der Waals surface area contributed by atoms with Gasteiger partial charge in [-0.25, -0.2) is 8.42 Å². The van der Waals surface area contributed by atoms with Crippen LogP contribution in [0.2, 0.25) is 0 Å². The number of nitrogens with one attached hydrogen (secondary N) is 1. The summed E-state index contributed by atoms with van der Waals surface area (Å²) in [5.74, 6) is -0.729. The van der Waals surface area contributed by atoms with Gasteiger partial charge in [0.05, 0.1) is 10.6 Å². The minimum atomic E-state index is -4.09. The van der Waals surface area contributed by atoms with Crippen molar-refractivity contribution in [3.63, 3.8) is 0 Å². The van der Waals surface area contributed by atoms with Crippen LogP contribution in [0.3, 0.4) is 0 Å². The molecule has 0 bridgehead atoms. The summed E-state index contributed by atoms with van der Waals surface area (Å²) in [5, 5.41) is 3.00. The van der Waals surface area contributed by atoms with Crippen molar-refractivity contribution >= 4 is 27.5 Å². The number of carbonyl (C=O) groups excluding carboxylic acids is 2. The molecule has 0 heterocycles. The van der Waals surface area contributed by atoms with Gasteiger partial charge in [-0.15, -0.1) is 0 Å². The van der Waals surface area contributed by atoms with Crippen molar-refractivity contribution in [1.29, 1.82) is 0 Å². The first-order valence-electron chi connectivity index (χ1n) is 13.7. The molecule has 40 heavy (non-hydrogen) atoms. The van der Waals surface area contributed by atoms with Gasteiger partial charge < -0.3 is 10.2 Å². The van der Waals surface area contributed by atoms with Gasteiger partial charge >= 0.3 is 0 Å². The van der Waals surface area contributed by atoms with E-state index in [0.29, 0.717) is 18.5 Å². The maximum Gasteiger partial charge on any atom is 0.264 e. The highest BCUT2D eigenvalue weighted by Crippen LogP contribution is 2.28. The third-order valence-corrected chi connectivity index (χ3v) is 8.51. The van der Waals surface area contributed by atoms with E-state index in [1.807, 2.05) is 77.9 Å². The van der Waals surface area contributed by atoms with Crippen LogP contribution in [0.5, 0.6) is 0 Å². The van der Waals surface area contributed by atoms with Gasteiger partial charge in [0.2, 0.25) is 11.8 Å². The minimum Gasteiger partial charge on any atom is -0.350 e. The van der Waals surface area contributed by atoms with Crippen LogP contribution in [-0.4, -0.2) is 43.3 Å². The average Bonchev–Trinajstić information content (AvgIpc) is 2.92. The number of aryl methyl sites for hydroxylation is 2. The molecule has 8 heteroatoms. The van der Waals surface area contributed by atoms with Gasteiger partial charge in [-0.3, -0.25) is 13.9 Å². The standard InChI is InChI=1S/C32H41N3O4S/c1-7-25-17-14-15-21-29(25)35(40(38,39)27-19-10-9-11-20-27)23-30(36)34(22-26-18-13-12-16-24(26)3)28(8-2)31(37)33-32(4,5)6/h9-21,28H,7-8,22-23H2,1-6H3,(H,33,37)/t28-/m0/s1. The number of para-hydroxylation sites is 1. The molecule has 0 aromatic heterocycles. The molecule has 0 saturated carbocycles. The molecule has 1 atom stereocenters. The van der Waals surface area contributed by atoms with Gasteiger partial charge in [0.15, 0.2) is 0 Å². The summed E-state index contributed by atoms with van der Waals surface area (Å²) >= 11 is 0. The van der Waals surface area contributed by atoms with E-state index >= 15 is 0 Å². The first-order valence-corrected chi connectivity index (χ1v) is 15.1. The summed E-state index contributed by atoms with van der Waals surface area (Å²) in [6.07, 6.45) is 0.959. The smallest absolute Gasteiger partial charge is 0.264 e. The SMILES string of the molecule is CCc1ccccc1N(CC(=O)N(Cc1ccccc1C)[C@@H](CC)C(=O)NC(C)(C)C)S(=O)(=O)c1ccccc1. The Kier molecular flexibility index (Phi) is 10.1. The van der Waals surface area contributed by atoms with Gasteiger partial charge in [0, 0.05) is 12.1 Å². The van der Waals surface area contributed by atoms with Crippen molar-refractivity contribution in [1.82, 2.24) is 10.2 Å². The summed E-state index contributed by atoms with van der Waals surface area (Å²) in [7, 11) is -4.09. The quantitative estimate of drug-likeness (QED) is 0.335. The molecular weight excluding hydrogens is 522 g/mol. The van der Waals surface area contributed by atoms with E-state index in [2.05, 4.69) is 5.32 Å². The van der Waals surface area contributed by atoms with Gasteiger partial charge in [-0.1, -0.05) is 74.5 Å². The average molecular weight is 564 g/mol. The summed E-state index contributed by atoms with van der Waals surface area (Å²) in [6.45, 7) is 11.2. The van der Waals surface area contributed by atoms with Gasteiger partial charge in [0.25, 0.3) is 10.0 Å². The summed E-state index contributed by atoms with van der Waals surface area (Å²) in [4.78, 5) is 29.3. The number of rotatable bonds is 11. The fraction of sp³-hybridized carbons (Fsp3) is 0.375. The van der Waals surface area contributed by atoms with Crippen molar-refractivity contribution in [3.05, 3.63) is 95.6 Å². The van der Waals surface area contributed by atoms with Crippen LogP contribution in [0.15, 0.2) is 83.8 Å². The van der Waals surface area contributed by atoms with Crippen molar-refractivity contribution in [2.75, 3.05) is 10.8 Å². The Morgan fingerprint density at radius 2 is 1.43 bits per heavy atom. The molecule has 7 nitrogen and oxygen atoms in total. The van der Waals surface area contributed by atoms with Gasteiger partial charge in [-0.2, -0.15) is 0 Å². The Hall–Kier alpha value is -3.65. The number of sulfonamides is 1. The number of carbonyl (C=O) groups is 2. The number of amides is 2. The van der Waals surface area contributed by atoms with Gasteiger partial charge in [0.1, 0.15) is 12.6 Å². The van der Waals surface area contributed by atoms with Crippen molar-refractivity contribution in [2.45, 2.75) is 77.4 Å². The highest BCUT2D eigenvalue weighted by Gasteiger charge is 2.35. The summed E-state index contributed by atoms with van der Waals surface area (Å²) in [6, 6.07) is 22.2. The summed E-state index contributed by atoms with van der Waals surface area (Å²) in [5.41, 5.74) is 2.63. The Labute approximate surface area is 239 Å². The lowest BCUT2D eigenvalue weighted by molar-refractivity contribution is -0.141. The number of benzene rings is 3. The zero-order valence-corrected chi connectivity index (χ0v) is 25.2. The third-order valence-electron chi connectivity index (χ3n) is 6.74. The van der Waals surface area contributed by atoms with Crippen molar-refractivity contribution in [3.8, 4) is 0 Å². The maximum atomic E-state index is 14.2. The molecule has 0 aliphatic heterocycles. The van der Waals surface area contributed by atoms with Gasteiger partial charge in [-0.05, 0) is 75.4 Å². The molecule has 0 aliphatic carbocycles. The van der Waals surface area contributed by atoms with Crippen molar-refractivity contribution in [2.24, 2.45) is 0 Å². The van der Waals surface area contributed by atoms with Crippen LogP contribution in [0, 0.1) is 6.92 Å². The molecule has 2 amide bonds. The second-order valence-electron chi connectivity index (χ2n) is 10.9. The molecule has 3 aromatic rings. The monoisotopic (exact) mass is 563 g/mol. The van der Waals surface area contributed by atoms with E-state index < -0.39 is 34.1 Å². The number of hydrogen-bond acceptors (Lipinski definition) is 4. The third kappa shape index (κ3) is 7.50. The highest BCUT2D eigenvalue weighted by atomic mass is 32.2. The molecule has 0 unspecified atom stereocenters. The molecule has 214 valence electrons. The molecule has 0 aliphatic rings. The van der Waals surface area contributed by atoms with E-state index in [1.54, 1.807) is 30.3 Å². The van der Waals surface area contributed by atoms with E-state index in [-0.39, 0.29) is 17.3 Å². The van der Waals surface area contributed by atoms with E-state index in [9.17, 15) is 18.0 Å². The largest absolute Gasteiger partial charge is 0.350 e. The second kappa shape index (κ2) is 13.1. The molecule has 0 fully saturated rings. The van der Waals surface area contributed by atoms with E-state index in [0.717, 1.165) is 16.7 Å². The van der Waals surface area contributed by atoms with E-state index in [1.165, 1.54) is 21.3 Å². The highest BCUT2D eigenvalue weighted by molar-refractivity contribution is 7.92. The first-order chi connectivity index (χ1) is 18.9. The van der Waals surface area contributed by atoms with Crippen LogP contribution < -0.4 is 9.62 Å². The fourth-order valence-corrected chi connectivity index (χ4v) is 6.10. The lowest BCUT2D eigenvalue weighted by Gasteiger charge is -2.35. The van der Waals surface area contributed by atoms with Crippen LogP contribution >= 0.6 is 0 Å². The topological polar surface area (TPSA) is 86.8 Å². The van der Waals surface area contributed by atoms with Crippen molar-refractivity contribution < 1.29 is 18.0 Å². The maximum absolute atomic E-state index is 14.2. The zero-order chi connectivity index (χ0) is 29.5. The fourth-order valence-electron chi connectivity index (χ4n) is 4.63. The second-order valence-corrected chi connectivity index (χ2v) is 12.8. The first kappa shape index (κ1) is 30.9. The zero-order valence-electron chi connectivity index (χ0n) is 24.3. The number of nitrogens with zero attached hydrogens (tertiary/aromatic N) is 2. The molecular formula is C32H41N3O4S. The Balaban J connectivity index is 2.11. The van der Waals surface area contributed by atoms with Crippen LogP contribution in [0.1, 0.15) is 57.7 Å². The Bertz CT molecular complexity index is 1420. The molecule has 1 N–H and O–H groups in total. The van der Waals surface area contributed by atoms with Crippen LogP contribution in [-0.2, 0) is 32.6 Å². The number of hydrogen-bond donors (Lipinski definition) is 1. The minimum absolute atomic E-state index is 0.0941. The Morgan fingerprint density at radius 1 is 0.850 bits per heavy atom. The lowest BCUT2D eigenvalue weighted by atomic mass is 10.0. The molecule has 3 rings (SSSR count). The molecule has 3 aromatic carbocycles. The molecule has 0 saturated heterocycles. The molecule has 0 spiro atoms. The van der Waals surface area contributed by atoms with E-state index in [4.69, 9.17) is 0 Å². The summed E-state index contributed by atoms with van der Waals surface area (Å²) < 4.78 is 29.2. The predicted molar refractivity (Wildman–Crippen MR) is 160 cm³/mol. The Morgan fingerprint density at radius 3 is 2.00 bits per heavy atom. The van der Waals surface area contributed by atoms with Crippen LogP contribution in [0.4, 0.5) is 5.69 Å². The predicted octanol–water partition coefficient (Wildman–Crippen LogP) is 5.47. The normalized spacial score (nSPS) is 12.4. The number of anilines is 1. The van der Waals surface area contributed by atoms with Crippen LogP contribution in [0.25, 0.3) is 0 Å². The molecule has 0 radical (unpaired) electrons.